The lowest BCUT2D eigenvalue weighted by Gasteiger charge is -2.30. The van der Waals surface area contributed by atoms with Gasteiger partial charge in [0.05, 0.1) is 10.6 Å². The predicted molar refractivity (Wildman–Crippen MR) is 121 cm³/mol. The minimum atomic E-state index is -3.77. The van der Waals surface area contributed by atoms with Crippen molar-refractivity contribution in [1.82, 2.24) is 19.4 Å². The first-order valence-corrected chi connectivity index (χ1v) is 13.0. The third-order valence-corrected chi connectivity index (χ3v) is 8.83. The minimum Gasteiger partial charge on any atom is -0.320 e. The maximum absolute atomic E-state index is 13.4. The highest BCUT2D eigenvalue weighted by atomic mass is 32.2. The van der Waals surface area contributed by atoms with Gasteiger partial charge in [0.15, 0.2) is 4.34 Å². The van der Waals surface area contributed by atoms with Gasteiger partial charge in [-0.1, -0.05) is 71.1 Å². The molecule has 0 aliphatic carbocycles. The molecule has 162 valence electrons. The van der Waals surface area contributed by atoms with Crippen LogP contribution in [0.15, 0.2) is 63.8 Å². The molecule has 0 spiro atoms. The molecule has 0 N–H and O–H groups in total. The second-order valence-electron chi connectivity index (χ2n) is 7.18. The van der Waals surface area contributed by atoms with Gasteiger partial charge in [-0.25, -0.2) is 8.42 Å². The Labute approximate surface area is 190 Å². The second-order valence-corrected chi connectivity index (χ2v) is 11.5. The largest absolute Gasteiger partial charge is 0.320 e. The van der Waals surface area contributed by atoms with Crippen molar-refractivity contribution in [3.63, 3.8) is 0 Å². The fourth-order valence-corrected chi connectivity index (χ4v) is 6.75. The highest BCUT2D eigenvalue weighted by molar-refractivity contribution is 8.01. The molecule has 10 heteroatoms. The highest BCUT2D eigenvalue weighted by Crippen LogP contribution is 2.36. The van der Waals surface area contributed by atoms with E-state index in [1.54, 1.807) is 29.2 Å². The fraction of sp³-hybridized carbons (Fsp3) is 0.286. The maximum Gasteiger partial charge on any atom is 0.245 e. The fourth-order valence-electron chi connectivity index (χ4n) is 3.48. The number of aryl methyl sites for hydroxylation is 2. The Kier molecular flexibility index (Phi) is 6.42. The van der Waals surface area contributed by atoms with Crippen molar-refractivity contribution in [3.8, 4) is 0 Å². The van der Waals surface area contributed by atoms with Crippen LogP contribution in [-0.2, 0) is 14.8 Å². The quantitative estimate of drug-likeness (QED) is 0.509. The van der Waals surface area contributed by atoms with Gasteiger partial charge in [-0.2, -0.15) is 4.31 Å². The average molecular weight is 475 g/mol. The number of carbonyl (C=O) groups is 1. The Morgan fingerprint density at radius 1 is 1.06 bits per heavy atom. The summed E-state index contributed by atoms with van der Waals surface area (Å²) in [4.78, 5) is 15.0. The molecule has 0 saturated carbocycles. The highest BCUT2D eigenvalue weighted by Gasteiger charge is 2.43. The van der Waals surface area contributed by atoms with Crippen LogP contribution in [0.5, 0.6) is 0 Å². The molecule has 7 nitrogen and oxygen atoms in total. The SMILES string of the molecule is Cc1ccc(S(=O)(=O)N2CCN(C(=O)CSc3nnc(C)s3)C2c2ccccc2)cc1. The summed E-state index contributed by atoms with van der Waals surface area (Å²) in [5, 5.41) is 8.86. The minimum absolute atomic E-state index is 0.131. The Morgan fingerprint density at radius 3 is 2.42 bits per heavy atom. The Morgan fingerprint density at radius 2 is 1.77 bits per heavy atom. The van der Waals surface area contributed by atoms with E-state index in [2.05, 4.69) is 10.2 Å². The number of amides is 1. The number of hydrogen-bond donors (Lipinski definition) is 0. The molecule has 1 aromatic heterocycles. The van der Waals surface area contributed by atoms with E-state index in [-0.39, 0.29) is 23.1 Å². The summed E-state index contributed by atoms with van der Waals surface area (Å²) in [6.45, 7) is 4.35. The molecule has 0 radical (unpaired) electrons. The standard InChI is InChI=1S/C21H22N4O3S3/c1-15-8-10-18(11-9-15)31(27,28)25-13-12-24(20(25)17-6-4-3-5-7-17)19(26)14-29-21-23-22-16(2)30-21/h3-11,20H,12-14H2,1-2H3. The molecule has 1 aliphatic heterocycles. The molecule has 1 aliphatic rings. The Balaban J connectivity index is 1.62. The van der Waals surface area contributed by atoms with Crippen molar-refractivity contribution in [2.45, 2.75) is 29.2 Å². The van der Waals surface area contributed by atoms with Crippen LogP contribution >= 0.6 is 23.1 Å². The molecule has 3 aromatic rings. The molecule has 1 saturated heterocycles. The number of carbonyl (C=O) groups excluding carboxylic acids is 1. The molecule has 1 fully saturated rings. The van der Waals surface area contributed by atoms with Crippen molar-refractivity contribution >= 4 is 39.0 Å². The van der Waals surface area contributed by atoms with Gasteiger partial charge in [-0.3, -0.25) is 4.79 Å². The number of nitrogens with zero attached hydrogens (tertiary/aromatic N) is 4. The van der Waals surface area contributed by atoms with Gasteiger partial charge >= 0.3 is 0 Å². The monoisotopic (exact) mass is 474 g/mol. The third kappa shape index (κ3) is 4.67. The van der Waals surface area contributed by atoms with Gasteiger partial charge in [0.1, 0.15) is 11.2 Å². The summed E-state index contributed by atoms with van der Waals surface area (Å²) in [6, 6.07) is 16.1. The van der Waals surface area contributed by atoms with E-state index in [1.165, 1.54) is 27.4 Å². The topological polar surface area (TPSA) is 83.5 Å². The van der Waals surface area contributed by atoms with Crippen LogP contribution in [0.1, 0.15) is 22.3 Å². The zero-order chi connectivity index (χ0) is 22.0. The molecular formula is C21H22N4O3S3. The van der Waals surface area contributed by atoms with E-state index in [4.69, 9.17) is 0 Å². The molecule has 0 bridgehead atoms. The smallest absolute Gasteiger partial charge is 0.245 e. The van der Waals surface area contributed by atoms with E-state index >= 15 is 0 Å². The lowest BCUT2D eigenvalue weighted by molar-refractivity contribution is -0.130. The molecule has 1 amide bonds. The number of aromatic nitrogens is 2. The van der Waals surface area contributed by atoms with Crippen molar-refractivity contribution in [1.29, 1.82) is 0 Å². The van der Waals surface area contributed by atoms with Gasteiger partial charge in [0, 0.05) is 13.1 Å². The summed E-state index contributed by atoms with van der Waals surface area (Å²) in [5.41, 5.74) is 1.75. The summed E-state index contributed by atoms with van der Waals surface area (Å²) < 4.78 is 29.0. The summed E-state index contributed by atoms with van der Waals surface area (Å²) in [5.74, 6) is 0.0458. The number of rotatable bonds is 6. The number of benzene rings is 2. The lowest BCUT2D eigenvalue weighted by atomic mass is 10.1. The Bertz CT molecular complexity index is 1160. The zero-order valence-corrected chi connectivity index (χ0v) is 19.6. The van der Waals surface area contributed by atoms with Gasteiger partial charge in [0.2, 0.25) is 15.9 Å². The first kappa shape index (κ1) is 21.9. The second kappa shape index (κ2) is 9.07. The molecule has 2 heterocycles. The molecular weight excluding hydrogens is 452 g/mol. The van der Waals surface area contributed by atoms with Gasteiger partial charge in [0.25, 0.3) is 0 Å². The van der Waals surface area contributed by atoms with Crippen molar-refractivity contribution in [3.05, 3.63) is 70.7 Å². The molecule has 1 atom stereocenters. The van der Waals surface area contributed by atoms with E-state index < -0.39 is 16.2 Å². The number of thioether (sulfide) groups is 1. The third-order valence-electron chi connectivity index (χ3n) is 5.00. The lowest BCUT2D eigenvalue weighted by Crippen LogP contribution is -2.38. The average Bonchev–Trinajstić information content (AvgIpc) is 3.40. The zero-order valence-electron chi connectivity index (χ0n) is 17.1. The van der Waals surface area contributed by atoms with Crippen molar-refractivity contribution in [2.24, 2.45) is 0 Å². The van der Waals surface area contributed by atoms with Crippen LogP contribution < -0.4 is 0 Å². The molecule has 2 aromatic carbocycles. The van der Waals surface area contributed by atoms with Crippen LogP contribution in [0.3, 0.4) is 0 Å². The van der Waals surface area contributed by atoms with Crippen LogP contribution in [0.25, 0.3) is 0 Å². The van der Waals surface area contributed by atoms with Crippen molar-refractivity contribution < 1.29 is 13.2 Å². The molecule has 1 unspecified atom stereocenters. The normalized spacial score (nSPS) is 17.2. The van der Waals surface area contributed by atoms with Crippen LogP contribution in [-0.4, -0.2) is 52.6 Å². The molecule has 31 heavy (non-hydrogen) atoms. The van der Waals surface area contributed by atoms with E-state index in [0.29, 0.717) is 6.54 Å². The number of sulfonamides is 1. The Hall–Kier alpha value is -2.27. The number of hydrogen-bond acceptors (Lipinski definition) is 7. The van der Waals surface area contributed by atoms with E-state index in [0.717, 1.165) is 20.5 Å². The van der Waals surface area contributed by atoms with Crippen molar-refractivity contribution in [2.75, 3.05) is 18.8 Å². The summed E-state index contributed by atoms with van der Waals surface area (Å²) in [7, 11) is -3.77. The van der Waals surface area contributed by atoms with Crippen LogP contribution in [0, 0.1) is 13.8 Å². The van der Waals surface area contributed by atoms with Crippen LogP contribution in [0.2, 0.25) is 0 Å². The first-order chi connectivity index (χ1) is 14.9. The van der Waals surface area contributed by atoms with Gasteiger partial charge in [-0.15, -0.1) is 10.2 Å². The molecule has 4 rings (SSSR count). The van der Waals surface area contributed by atoms with Gasteiger partial charge < -0.3 is 4.90 Å². The predicted octanol–water partition coefficient (Wildman–Crippen LogP) is 3.48. The van der Waals surface area contributed by atoms with E-state index in [1.807, 2.05) is 44.2 Å². The first-order valence-electron chi connectivity index (χ1n) is 9.72. The van der Waals surface area contributed by atoms with E-state index in [9.17, 15) is 13.2 Å². The summed E-state index contributed by atoms with van der Waals surface area (Å²) >= 11 is 2.76. The maximum atomic E-state index is 13.4. The van der Waals surface area contributed by atoms with Crippen LogP contribution in [0.4, 0.5) is 0 Å². The summed E-state index contributed by atoms with van der Waals surface area (Å²) in [6.07, 6.45) is -0.684. The van der Waals surface area contributed by atoms with Gasteiger partial charge in [-0.05, 0) is 31.5 Å².